The van der Waals surface area contributed by atoms with Crippen molar-refractivity contribution in [2.45, 2.75) is 71.1 Å². The Hall–Kier alpha value is -2.32. The lowest BCUT2D eigenvalue weighted by Crippen LogP contribution is -2.23. The van der Waals surface area contributed by atoms with Gasteiger partial charge in [-0.1, -0.05) is 0 Å². The maximum Gasteiger partial charge on any atom is 0.225 e. The minimum atomic E-state index is -0.271. The Bertz CT molecular complexity index is 1050. The van der Waals surface area contributed by atoms with Crippen LogP contribution >= 0.6 is 11.3 Å². The van der Waals surface area contributed by atoms with E-state index in [1.165, 1.54) is 12.8 Å². The number of aryl methyl sites for hydroxylation is 1. The highest BCUT2D eigenvalue weighted by Crippen LogP contribution is 2.39. The van der Waals surface area contributed by atoms with E-state index in [0.29, 0.717) is 17.9 Å². The van der Waals surface area contributed by atoms with Crippen molar-refractivity contribution < 1.29 is 5.11 Å². The van der Waals surface area contributed by atoms with E-state index in [-0.39, 0.29) is 12.1 Å². The molecule has 164 valence electrons. The average molecular weight is 439 g/mol. The molecule has 0 bridgehead atoms. The summed E-state index contributed by atoms with van der Waals surface area (Å²) < 4.78 is 1.11. The number of nitrogens with one attached hydrogen (secondary N) is 2. The number of rotatable bonds is 7. The Kier molecular flexibility index (Phi) is 5.52. The average Bonchev–Trinajstić information content (AvgIpc) is 3.33. The fraction of sp³-hybridized carbons (Fsp3) is 0.565. The standard InChI is InChI=1S/C23H30N6OS/c1-12(15-4-5-15)25-23-26-13(2)20(22-28-18-11-24-9-8-19(18)31-22)21(29-23)27-17-7-6-16(10-17)14(3)30/h8-9,11-12,14-17,30H,4-7,10H2,1-3H3,(H2,25,26,27,29)/t12-,14?,16+,17+/m1/s1. The molecule has 31 heavy (non-hydrogen) atoms. The number of aliphatic hydroxyl groups is 1. The van der Waals surface area contributed by atoms with Crippen molar-refractivity contribution in [2.24, 2.45) is 11.8 Å². The third-order valence-corrected chi connectivity index (χ3v) is 7.73. The van der Waals surface area contributed by atoms with Crippen LogP contribution in [0.5, 0.6) is 0 Å². The van der Waals surface area contributed by atoms with Gasteiger partial charge < -0.3 is 15.7 Å². The van der Waals surface area contributed by atoms with Crippen molar-refractivity contribution in [3.05, 3.63) is 24.2 Å². The van der Waals surface area contributed by atoms with Gasteiger partial charge in [0.05, 0.1) is 28.3 Å². The zero-order valence-electron chi connectivity index (χ0n) is 18.3. The second-order valence-electron chi connectivity index (χ2n) is 9.14. The highest BCUT2D eigenvalue weighted by atomic mass is 32.1. The fourth-order valence-corrected chi connectivity index (χ4v) is 5.61. The molecule has 4 atom stereocenters. The molecule has 0 spiro atoms. The second-order valence-corrected chi connectivity index (χ2v) is 10.2. The lowest BCUT2D eigenvalue weighted by molar-refractivity contribution is 0.128. The Morgan fingerprint density at radius 2 is 1.90 bits per heavy atom. The lowest BCUT2D eigenvalue weighted by atomic mass is 10.0. The van der Waals surface area contributed by atoms with Crippen LogP contribution in [0.3, 0.4) is 0 Å². The molecule has 0 radical (unpaired) electrons. The summed E-state index contributed by atoms with van der Waals surface area (Å²) in [5.41, 5.74) is 2.78. The van der Waals surface area contributed by atoms with Crippen molar-refractivity contribution >= 4 is 33.3 Å². The lowest BCUT2D eigenvalue weighted by Gasteiger charge is -2.20. The van der Waals surface area contributed by atoms with E-state index < -0.39 is 0 Å². The van der Waals surface area contributed by atoms with Crippen molar-refractivity contribution in [3.8, 4) is 10.6 Å². The molecule has 0 aromatic carbocycles. The van der Waals surface area contributed by atoms with Crippen LogP contribution in [0.25, 0.3) is 20.8 Å². The first-order chi connectivity index (χ1) is 15.0. The molecule has 2 saturated carbocycles. The van der Waals surface area contributed by atoms with Gasteiger partial charge in [0.15, 0.2) is 0 Å². The van der Waals surface area contributed by atoms with E-state index in [2.05, 4.69) is 22.5 Å². The van der Waals surface area contributed by atoms with Crippen LogP contribution in [-0.2, 0) is 0 Å². The molecule has 5 rings (SSSR count). The summed E-state index contributed by atoms with van der Waals surface area (Å²) in [6.07, 6.45) is 8.90. The van der Waals surface area contributed by atoms with Gasteiger partial charge in [-0.25, -0.2) is 9.97 Å². The second kappa shape index (κ2) is 8.31. The van der Waals surface area contributed by atoms with E-state index >= 15 is 0 Å². The number of aromatic nitrogens is 4. The molecule has 2 aliphatic rings. The van der Waals surface area contributed by atoms with Gasteiger partial charge in [-0.15, -0.1) is 11.3 Å². The van der Waals surface area contributed by atoms with Gasteiger partial charge in [0.1, 0.15) is 16.3 Å². The van der Waals surface area contributed by atoms with Gasteiger partial charge >= 0.3 is 0 Å². The maximum absolute atomic E-state index is 10.0. The van der Waals surface area contributed by atoms with Gasteiger partial charge in [-0.2, -0.15) is 4.98 Å². The SMILES string of the molecule is Cc1nc(N[C@H](C)C2CC2)nc(N[C@H]2CC[C@H](C(C)O)C2)c1-c1nc2cnccc2s1. The van der Waals surface area contributed by atoms with E-state index in [4.69, 9.17) is 15.0 Å². The summed E-state index contributed by atoms with van der Waals surface area (Å²) in [4.78, 5) is 18.7. The van der Waals surface area contributed by atoms with Crippen molar-refractivity contribution in [1.82, 2.24) is 19.9 Å². The first-order valence-corrected chi connectivity index (χ1v) is 12.1. The fourth-order valence-electron chi connectivity index (χ4n) is 4.58. The van der Waals surface area contributed by atoms with Crippen LogP contribution in [0.4, 0.5) is 11.8 Å². The number of nitrogens with zero attached hydrogens (tertiary/aromatic N) is 4. The number of fused-ring (bicyclic) bond motifs is 1. The van der Waals surface area contributed by atoms with Crippen LogP contribution in [0.2, 0.25) is 0 Å². The quantitative estimate of drug-likeness (QED) is 0.495. The van der Waals surface area contributed by atoms with Crippen molar-refractivity contribution in [1.29, 1.82) is 0 Å². The van der Waals surface area contributed by atoms with Crippen LogP contribution in [0.1, 0.15) is 51.6 Å². The summed E-state index contributed by atoms with van der Waals surface area (Å²) in [5, 5.41) is 18.1. The highest BCUT2D eigenvalue weighted by Gasteiger charge is 2.31. The Morgan fingerprint density at radius 1 is 1.10 bits per heavy atom. The van der Waals surface area contributed by atoms with Gasteiger partial charge in [0.2, 0.25) is 5.95 Å². The molecule has 7 nitrogen and oxygen atoms in total. The minimum absolute atomic E-state index is 0.271. The topological polar surface area (TPSA) is 95.9 Å². The van der Waals surface area contributed by atoms with Crippen LogP contribution < -0.4 is 10.6 Å². The van der Waals surface area contributed by atoms with Gasteiger partial charge in [0, 0.05) is 18.3 Å². The number of hydrogen-bond donors (Lipinski definition) is 3. The molecular weight excluding hydrogens is 408 g/mol. The minimum Gasteiger partial charge on any atom is -0.393 e. The molecule has 3 N–H and O–H groups in total. The molecule has 0 amide bonds. The molecule has 8 heteroatoms. The van der Waals surface area contributed by atoms with E-state index in [1.54, 1.807) is 23.7 Å². The summed E-state index contributed by atoms with van der Waals surface area (Å²) in [6.45, 7) is 6.14. The first kappa shape index (κ1) is 20.6. The summed E-state index contributed by atoms with van der Waals surface area (Å²) >= 11 is 1.65. The van der Waals surface area contributed by atoms with Gasteiger partial charge in [-0.05, 0) is 70.8 Å². The normalized spacial score (nSPS) is 23.1. The molecule has 2 aliphatic carbocycles. The molecular formula is C23H30N6OS. The Morgan fingerprint density at radius 3 is 2.61 bits per heavy atom. The van der Waals surface area contributed by atoms with E-state index in [9.17, 15) is 5.11 Å². The third-order valence-electron chi connectivity index (χ3n) is 6.68. The Labute approximate surface area is 186 Å². The molecule has 3 heterocycles. The molecule has 3 aromatic rings. The Balaban J connectivity index is 1.50. The monoisotopic (exact) mass is 438 g/mol. The molecule has 2 fully saturated rings. The van der Waals surface area contributed by atoms with E-state index in [1.807, 2.05) is 19.9 Å². The zero-order chi connectivity index (χ0) is 21.5. The first-order valence-electron chi connectivity index (χ1n) is 11.3. The summed E-state index contributed by atoms with van der Waals surface area (Å²) in [6, 6.07) is 2.66. The zero-order valence-corrected chi connectivity index (χ0v) is 19.1. The summed E-state index contributed by atoms with van der Waals surface area (Å²) in [5.74, 6) is 2.57. The third kappa shape index (κ3) is 4.36. The van der Waals surface area contributed by atoms with Crippen molar-refractivity contribution in [3.63, 3.8) is 0 Å². The molecule has 0 aliphatic heterocycles. The molecule has 0 saturated heterocycles. The summed E-state index contributed by atoms with van der Waals surface area (Å²) in [7, 11) is 0. The van der Waals surface area contributed by atoms with Crippen LogP contribution in [-0.4, -0.2) is 43.2 Å². The largest absolute Gasteiger partial charge is 0.393 e. The maximum atomic E-state index is 10.0. The van der Waals surface area contributed by atoms with E-state index in [0.717, 1.165) is 57.5 Å². The number of aliphatic hydroxyl groups excluding tert-OH is 1. The molecule has 3 aromatic heterocycles. The van der Waals surface area contributed by atoms with Gasteiger partial charge in [-0.3, -0.25) is 4.98 Å². The van der Waals surface area contributed by atoms with Crippen LogP contribution in [0, 0.1) is 18.8 Å². The number of hydrogen-bond acceptors (Lipinski definition) is 8. The van der Waals surface area contributed by atoms with Crippen LogP contribution in [0.15, 0.2) is 18.5 Å². The predicted octanol–water partition coefficient (Wildman–Crippen LogP) is 4.63. The number of thiazole rings is 1. The number of pyridine rings is 1. The predicted molar refractivity (Wildman–Crippen MR) is 125 cm³/mol. The smallest absolute Gasteiger partial charge is 0.225 e. The number of anilines is 2. The molecule has 1 unspecified atom stereocenters. The van der Waals surface area contributed by atoms with Gasteiger partial charge in [0.25, 0.3) is 0 Å². The highest BCUT2D eigenvalue weighted by molar-refractivity contribution is 7.21. The van der Waals surface area contributed by atoms with Crippen molar-refractivity contribution in [2.75, 3.05) is 10.6 Å².